The van der Waals surface area contributed by atoms with Crippen LogP contribution in [0.3, 0.4) is 0 Å². The molecule has 0 heterocycles. The largest absolute Gasteiger partial charge is 0.756 e. The molecule has 1 amide bonds. The van der Waals surface area contributed by atoms with Crippen LogP contribution in [-0.4, -0.2) is 69.4 Å². The number of quaternary nitrogens is 1. The highest BCUT2D eigenvalue weighted by molar-refractivity contribution is 7.45. The zero-order chi connectivity index (χ0) is 55.0. The van der Waals surface area contributed by atoms with Crippen LogP contribution in [0.25, 0.3) is 0 Å². The molecule has 436 valence electrons. The van der Waals surface area contributed by atoms with Crippen LogP contribution < -0.4 is 10.2 Å². The van der Waals surface area contributed by atoms with Gasteiger partial charge < -0.3 is 28.5 Å². The second-order valence-corrected chi connectivity index (χ2v) is 23.6. The molecular weight excluding hydrogens is 952 g/mol. The zero-order valence-electron chi connectivity index (χ0n) is 49.7. The number of amides is 1. The van der Waals surface area contributed by atoms with Gasteiger partial charge >= 0.3 is 5.97 Å². The number of phosphoric acid groups is 1. The van der Waals surface area contributed by atoms with E-state index in [2.05, 4.69) is 86.8 Å². The number of phosphoric ester groups is 1. The van der Waals surface area contributed by atoms with Gasteiger partial charge in [-0.2, -0.15) is 0 Å². The van der Waals surface area contributed by atoms with E-state index in [9.17, 15) is 19.0 Å². The maximum Gasteiger partial charge on any atom is 0.306 e. The number of likely N-dealkylation sites (N-methyl/N-ethyl adjacent to an activating group) is 1. The highest BCUT2D eigenvalue weighted by Crippen LogP contribution is 2.38. The molecular formula is C65H119N2O7P. The molecule has 0 aliphatic carbocycles. The van der Waals surface area contributed by atoms with Crippen molar-refractivity contribution in [2.45, 2.75) is 290 Å². The van der Waals surface area contributed by atoms with Crippen LogP contribution in [0.1, 0.15) is 278 Å². The van der Waals surface area contributed by atoms with Gasteiger partial charge in [0.2, 0.25) is 5.91 Å². The topological polar surface area (TPSA) is 114 Å². The van der Waals surface area contributed by atoms with Gasteiger partial charge in [0.25, 0.3) is 7.82 Å². The molecule has 0 aliphatic heterocycles. The molecule has 0 spiro atoms. The number of unbranched alkanes of at least 4 members (excludes halogenated alkanes) is 32. The average molecular weight is 1070 g/mol. The van der Waals surface area contributed by atoms with Crippen molar-refractivity contribution in [1.82, 2.24) is 5.32 Å². The van der Waals surface area contributed by atoms with Crippen molar-refractivity contribution in [2.75, 3.05) is 40.9 Å². The molecule has 0 aromatic rings. The summed E-state index contributed by atoms with van der Waals surface area (Å²) in [5, 5.41) is 3.03. The lowest BCUT2D eigenvalue weighted by Crippen LogP contribution is -2.47. The second kappa shape index (κ2) is 54.8. The molecule has 9 nitrogen and oxygen atoms in total. The molecule has 3 unspecified atom stereocenters. The highest BCUT2D eigenvalue weighted by atomic mass is 31.2. The first-order chi connectivity index (χ1) is 36.4. The lowest BCUT2D eigenvalue weighted by molar-refractivity contribution is -0.870. The number of esters is 1. The maximum atomic E-state index is 13.5. The predicted octanol–water partition coefficient (Wildman–Crippen LogP) is 18.6. The summed E-state index contributed by atoms with van der Waals surface area (Å²) in [6.07, 6.45) is 70.1. The van der Waals surface area contributed by atoms with E-state index < -0.39 is 26.6 Å². The fraction of sp³-hybridized carbons (Fsp3) is 0.785. The van der Waals surface area contributed by atoms with E-state index >= 15 is 0 Å². The van der Waals surface area contributed by atoms with Crippen LogP contribution in [0.4, 0.5) is 0 Å². The number of ether oxygens (including phenoxy) is 1. The fourth-order valence-corrected chi connectivity index (χ4v) is 9.57. The Morgan fingerprint density at radius 3 is 1.40 bits per heavy atom. The van der Waals surface area contributed by atoms with Gasteiger partial charge in [-0.25, -0.2) is 0 Å². The number of hydrogen-bond acceptors (Lipinski definition) is 7. The summed E-state index contributed by atoms with van der Waals surface area (Å²) in [5.74, 6) is -0.562. The summed E-state index contributed by atoms with van der Waals surface area (Å²) in [7, 11) is 1.17. The molecule has 10 heteroatoms. The summed E-state index contributed by atoms with van der Waals surface area (Å²) in [6, 6.07) is -0.899. The minimum Gasteiger partial charge on any atom is -0.756 e. The van der Waals surface area contributed by atoms with Gasteiger partial charge in [-0.05, 0) is 83.1 Å². The van der Waals surface area contributed by atoms with Gasteiger partial charge in [0.15, 0.2) is 0 Å². The first-order valence-corrected chi connectivity index (χ1v) is 32.7. The maximum absolute atomic E-state index is 13.5. The third-order valence-electron chi connectivity index (χ3n) is 13.7. The summed E-state index contributed by atoms with van der Waals surface area (Å²) >= 11 is 0. The monoisotopic (exact) mass is 1070 g/mol. The van der Waals surface area contributed by atoms with Gasteiger partial charge in [0, 0.05) is 12.8 Å². The van der Waals surface area contributed by atoms with Crippen LogP contribution in [0.5, 0.6) is 0 Å². The van der Waals surface area contributed by atoms with E-state index in [1.807, 2.05) is 33.3 Å². The van der Waals surface area contributed by atoms with Crippen LogP contribution in [-0.2, 0) is 27.9 Å². The Balaban J connectivity index is 5.19. The number of hydrogen-bond donors (Lipinski definition) is 1. The SMILES string of the molecule is CC/C=C/C=C/C=C\CCCCCCCC(=O)OC(/C=C\CCCCCCCCCCCCC)C(COP(=O)([O-])OCC[N+](C)(C)C)NC(=O)CCCCCCCCCCCCCCC/C=C\C/C=C\CCCCC. The van der Waals surface area contributed by atoms with Crippen LogP contribution in [0, 0.1) is 0 Å². The van der Waals surface area contributed by atoms with E-state index in [0.717, 1.165) is 83.5 Å². The zero-order valence-corrected chi connectivity index (χ0v) is 50.6. The normalized spacial score (nSPS) is 14.2. The number of nitrogens with one attached hydrogen (secondary N) is 1. The molecule has 0 fully saturated rings. The van der Waals surface area contributed by atoms with E-state index in [1.165, 1.54) is 154 Å². The molecule has 0 aromatic heterocycles. The number of nitrogens with zero attached hydrogens (tertiary/aromatic N) is 1. The Hall–Kier alpha value is -2.55. The van der Waals surface area contributed by atoms with Crippen molar-refractivity contribution >= 4 is 19.7 Å². The van der Waals surface area contributed by atoms with Crippen molar-refractivity contribution < 1.29 is 37.3 Å². The second-order valence-electron chi connectivity index (χ2n) is 22.2. The highest BCUT2D eigenvalue weighted by Gasteiger charge is 2.27. The number of rotatable bonds is 56. The molecule has 3 atom stereocenters. The lowest BCUT2D eigenvalue weighted by atomic mass is 10.0. The smallest absolute Gasteiger partial charge is 0.306 e. The molecule has 0 rings (SSSR count). The van der Waals surface area contributed by atoms with Crippen LogP contribution in [0.2, 0.25) is 0 Å². The molecule has 0 radical (unpaired) electrons. The van der Waals surface area contributed by atoms with Crippen molar-refractivity contribution in [3.8, 4) is 0 Å². The fourth-order valence-electron chi connectivity index (χ4n) is 8.85. The first kappa shape index (κ1) is 72.5. The van der Waals surface area contributed by atoms with Crippen molar-refractivity contribution in [3.05, 3.63) is 72.9 Å². The number of carbonyl (C=O) groups excluding carboxylic acids is 2. The van der Waals surface area contributed by atoms with Gasteiger partial charge in [-0.3, -0.25) is 14.2 Å². The summed E-state index contributed by atoms with van der Waals surface area (Å²) in [6.45, 7) is 6.68. The Morgan fingerprint density at radius 1 is 0.493 bits per heavy atom. The van der Waals surface area contributed by atoms with Gasteiger partial charge in [-0.1, -0.05) is 255 Å². The van der Waals surface area contributed by atoms with Crippen molar-refractivity contribution in [2.24, 2.45) is 0 Å². The van der Waals surface area contributed by atoms with E-state index in [4.69, 9.17) is 13.8 Å². The minimum atomic E-state index is -4.70. The Bertz CT molecular complexity index is 1510. The quantitative estimate of drug-likeness (QED) is 0.0161. The van der Waals surface area contributed by atoms with Gasteiger partial charge in [0.1, 0.15) is 19.3 Å². The van der Waals surface area contributed by atoms with E-state index in [0.29, 0.717) is 23.9 Å². The molecule has 0 bridgehead atoms. The third kappa shape index (κ3) is 56.0. The minimum absolute atomic E-state index is 0.0277. The predicted molar refractivity (Wildman–Crippen MR) is 321 cm³/mol. The Kier molecular flexibility index (Phi) is 52.9. The van der Waals surface area contributed by atoms with Crippen LogP contribution in [0.15, 0.2) is 72.9 Å². The van der Waals surface area contributed by atoms with Crippen LogP contribution >= 0.6 is 7.82 Å². The van der Waals surface area contributed by atoms with Crippen molar-refractivity contribution in [1.29, 1.82) is 0 Å². The molecule has 0 aromatic carbocycles. The summed E-state index contributed by atoms with van der Waals surface area (Å²) in [4.78, 5) is 40.0. The first-order valence-electron chi connectivity index (χ1n) is 31.3. The Labute approximate surface area is 463 Å². The molecule has 1 N–H and O–H groups in total. The Morgan fingerprint density at radius 2 is 0.907 bits per heavy atom. The summed E-state index contributed by atoms with van der Waals surface area (Å²) < 4.78 is 30.3. The van der Waals surface area contributed by atoms with Crippen molar-refractivity contribution in [3.63, 3.8) is 0 Å². The van der Waals surface area contributed by atoms with E-state index in [1.54, 1.807) is 0 Å². The van der Waals surface area contributed by atoms with E-state index in [-0.39, 0.29) is 24.9 Å². The van der Waals surface area contributed by atoms with Gasteiger partial charge in [-0.15, -0.1) is 0 Å². The number of carbonyl (C=O) groups is 2. The number of allylic oxidation sites excluding steroid dienone is 11. The average Bonchev–Trinajstić information content (AvgIpc) is 3.37. The molecule has 0 aliphatic rings. The standard InChI is InChI=1S/C65H119N2O7P/c1-7-10-13-16-19-22-25-28-29-30-31-32-33-34-35-36-37-40-42-45-48-51-54-57-64(68)66-62(61-73-75(70,71)72-60-59-67(4,5)6)63(56-53-50-47-44-41-38-26-23-20-17-14-11-8-2)74-65(69)58-55-52-49-46-43-39-27-24-21-18-15-12-9-3/h12,15,18-19,21-22,24,27-29,53,56,62-63H,7-11,13-14,16-17,20,23,25-26,30-52,54-55,57-61H2,1-6H3,(H-,66,68,70,71)/b15-12+,21-18+,22-19-,27-24-,29-28-,56-53-. The molecule has 0 saturated carbocycles. The van der Waals surface area contributed by atoms with Gasteiger partial charge in [0.05, 0.1) is 33.8 Å². The third-order valence-corrected chi connectivity index (χ3v) is 14.6. The summed E-state index contributed by atoms with van der Waals surface area (Å²) in [5.41, 5.74) is 0. The molecule has 0 saturated heterocycles. The molecule has 75 heavy (non-hydrogen) atoms. The lowest BCUT2D eigenvalue weighted by Gasteiger charge is -2.30.